The van der Waals surface area contributed by atoms with Crippen LogP contribution in [0.5, 0.6) is 0 Å². The van der Waals surface area contributed by atoms with Crippen LogP contribution in [0.4, 0.5) is 10.8 Å². The summed E-state index contributed by atoms with van der Waals surface area (Å²) in [4.78, 5) is 12.0. The molecular formula is C15H20N4OS2. The zero-order valence-corrected chi connectivity index (χ0v) is 14.5. The summed E-state index contributed by atoms with van der Waals surface area (Å²) in [5, 5.41) is 14.9. The third-order valence-electron chi connectivity index (χ3n) is 2.76. The topological polar surface area (TPSA) is 66.9 Å². The highest BCUT2D eigenvalue weighted by molar-refractivity contribution is 8.02. The minimum atomic E-state index is -0.184. The summed E-state index contributed by atoms with van der Waals surface area (Å²) >= 11 is 2.88. The zero-order valence-electron chi connectivity index (χ0n) is 12.9. The van der Waals surface area contributed by atoms with E-state index < -0.39 is 0 Å². The summed E-state index contributed by atoms with van der Waals surface area (Å²) < 4.78 is 0.783. The van der Waals surface area contributed by atoms with Crippen LogP contribution in [-0.4, -0.2) is 27.9 Å². The van der Waals surface area contributed by atoms with Crippen molar-refractivity contribution in [3.8, 4) is 0 Å². The van der Waals surface area contributed by atoms with Crippen molar-refractivity contribution in [2.45, 2.75) is 30.4 Å². The molecule has 0 aliphatic rings. The van der Waals surface area contributed by atoms with E-state index >= 15 is 0 Å². The average molecular weight is 336 g/mol. The maximum atomic E-state index is 12.0. The number of aromatic nitrogens is 2. The van der Waals surface area contributed by atoms with E-state index in [1.807, 2.05) is 37.3 Å². The molecule has 2 rings (SSSR count). The normalized spacial score (nSPS) is 12.2. The molecule has 0 fully saturated rings. The van der Waals surface area contributed by atoms with Crippen molar-refractivity contribution < 1.29 is 4.79 Å². The second-order valence-corrected chi connectivity index (χ2v) is 7.83. The molecule has 1 aromatic carbocycles. The number of hydrogen-bond acceptors (Lipinski definition) is 6. The number of benzene rings is 1. The van der Waals surface area contributed by atoms with E-state index in [9.17, 15) is 4.79 Å². The molecule has 7 heteroatoms. The Morgan fingerprint density at radius 3 is 2.64 bits per heavy atom. The molecule has 1 aromatic heterocycles. The van der Waals surface area contributed by atoms with Crippen LogP contribution >= 0.6 is 23.1 Å². The number of carbonyl (C=O) groups is 1. The third-order valence-corrected chi connectivity index (χ3v) is 4.79. The van der Waals surface area contributed by atoms with Gasteiger partial charge in [0.2, 0.25) is 11.0 Å². The number of nitrogens with zero attached hydrogens (tertiary/aromatic N) is 2. The summed E-state index contributed by atoms with van der Waals surface area (Å²) in [6.45, 7) is 6.72. The number of rotatable bonds is 7. The van der Waals surface area contributed by atoms with E-state index in [0.29, 0.717) is 12.5 Å². The van der Waals surface area contributed by atoms with E-state index in [2.05, 4.69) is 34.7 Å². The van der Waals surface area contributed by atoms with Crippen LogP contribution in [0, 0.1) is 5.92 Å². The predicted molar refractivity (Wildman–Crippen MR) is 92.8 cm³/mol. The van der Waals surface area contributed by atoms with Gasteiger partial charge in [-0.15, -0.1) is 10.2 Å². The van der Waals surface area contributed by atoms with Gasteiger partial charge in [0.25, 0.3) is 0 Å². The first-order chi connectivity index (χ1) is 10.5. The first kappa shape index (κ1) is 16.8. The van der Waals surface area contributed by atoms with Gasteiger partial charge in [-0.25, -0.2) is 0 Å². The molecule has 22 heavy (non-hydrogen) atoms. The van der Waals surface area contributed by atoms with Crippen molar-refractivity contribution in [2.24, 2.45) is 5.92 Å². The Labute approximate surface area is 138 Å². The Balaban J connectivity index is 1.87. The number of nitrogens with one attached hydrogen (secondary N) is 2. The van der Waals surface area contributed by atoms with Crippen LogP contribution in [0.15, 0.2) is 34.7 Å². The highest BCUT2D eigenvalue weighted by Crippen LogP contribution is 2.30. The molecular weight excluding hydrogens is 316 g/mol. The third kappa shape index (κ3) is 5.31. The van der Waals surface area contributed by atoms with Crippen LogP contribution in [-0.2, 0) is 4.79 Å². The smallest absolute Gasteiger partial charge is 0.233 e. The van der Waals surface area contributed by atoms with Crippen molar-refractivity contribution in [3.63, 3.8) is 0 Å². The minimum absolute atomic E-state index is 0.0338. The SMILES string of the molecule is CC(C)CNC(=O)[C@@H](C)Sc1nnc(Nc2ccccc2)s1. The highest BCUT2D eigenvalue weighted by Gasteiger charge is 2.17. The van der Waals surface area contributed by atoms with Gasteiger partial charge < -0.3 is 10.6 Å². The molecule has 0 spiro atoms. The van der Waals surface area contributed by atoms with Crippen molar-refractivity contribution in [1.82, 2.24) is 15.5 Å². The fraction of sp³-hybridized carbons (Fsp3) is 0.400. The van der Waals surface area contributed by atoms with Gasteiger partial charge in [0.1, 0.15) is 0 Å². The van der Waals surface area contributed by atoms with Crippen molar-refractivity contribution >= 4 is 39.8 Å². The summed E-state index contributed by atoms with van der Waals surface area (Å²) in [7, 11) is 0. The van der Waals surface area contributed by atoms with E-state index in [1.165, 1.54) is 23.1 Å². The molecule has 5 nitrogen and oxygen atoms in total. The van der Waals surface area contributed by atoms with Gasteiger partial charge >= 0.3 is 0 Å². The van der Waals surface area contributed by atoms with E-state index in [-0.39, 0.29) is 11.2 Å². The lowest BCUT2D eigenvalue weighted by atomic mass is 10.2. The molecule has 118 valence electrons. The van der Waals surface area contributed by atoms with Gasteiger partial charge in [-0.05, 0) is 25.0 Å². The van der Waals surface area contributed by atoms with Crippen LogP contribution in [0.25, 0.3) is 0 Å². The molecule has 0 radical (unpaired) electrons. The molecule has 0 bridgehead atoms. The number of hydrogen-bond donors (Lipinski definition) is 2. The maximum absolute atomic E-state index is 12.0. The van der Waals surface area contributed by atoms with Gasteiger partial charge in [0.05, 0.1) is 5.25 Å². The number of carbonyl (C=O) groups excluding carboxylic acids is 1. The molecule has 2 N–H and O–H groups in total. The average Bonchev–Trinajstić information content (AvgIpc) is 2.92. The van der Waals surface area contributed by atoms with Crippen molar-refractivity contribution in [2.75, 3.05) is 11.9 Å². The second kappa shape index (κ2) is 8.14. The predicted octanol–water partition coefficient (Wildman–Crippen LogP) is 3.53. The fourth-order valence-corrected chi connectivity index (χ4v) is 3.55. The standard InChI is InChI=1S/C15H20N4OS2/c1-10(2)9-16-13(20)11(3)21-15-19-18-14(22-15)17-12-7-5-4-6-8-12/h4-8,10-11H,9H2,1-3H3,(H,16,20)(H,17,18)/t11-/m1/s1. The number of thioether (sulfide) groups is 1. The Hall–Kier alpha value is -1.60. The first-order valence-corrected chi connectivity index (χ1v) is 8.84. The molecule has 0 saturated heterocycles. The van der Waals surface area contributed by atoms with Crippen molar-refractivity contribution in [3.05, 3.63) is 30.3 Å². The fourth-order valence-electron chi connectivity index (χ4n) is 1.61. The molecule has 1 heterocycles. The molecule has 0 saturated carbocycles. The maximum Gasteiger partial charge on any atom is 0.233 e. The van der Waals surface area contributed by atoms with Gasteiger partial charge in [-0.3, -0.25) is 4.79 Å². The Morgan fingerprint density at radius 2 is 1.95 bits per heavy atom. The van der Waals surface area contributed by atoms with E-state index in [4.69, 9.17) is 0 Å². The van der Waals surface area contributed by atoms with Crippen LogP contribution in [0.1, 0.15) is 20.8 Å². The van der Waals surface area contributed by atoms with Crippen molar-refractivity contribution in [1.29, 1.82) is 0 Å². The molecule has 0 unspecified atom stereocenters. The van der Waals surface area contributed by atoms with Gasteiger partial charge in [0.15, 0.2) is 4.34 Å². The molecule has 0 aliphatic heterocycles. The lowest BCUT2D eigenvalue weighted by Crippen LogP contribution is -2.33. The van der Waals surface area contributed by atoms with Gasteiger partial charge in [-0.1, -0.05) is 55.1 Å². The van der Waals surface area contributed by atoms with Gasteiger partial charge in [0, 0.05) is 12.2 Å². The lowest BCUT2D eigenvalue weighted by Gasteiger charge is -2.11. The lowest BCUT2D eigenvalue weighted by molar-refractivity contribution is -0.120. The molecule has 0 aliphatic carbocycles. The van der Waals surface area contributed by atoms with Gasteiger partial charge in [-0.2, -0.15) is 0 Å². The minimum Gasteiger partial charge on any atom is -0.355 e. The zero-order chi connectivity index (χ0) is 15.9. The first-order valence-electron chi connectivity index (χ1n) is 7.14. The number of anilines is 2. The molecule has 1 amide bonds. The Kier molecular flexibility index (Phi) is 6.21. The van der Waals surface area contributed by atoms with Crippen LogP contribution in [0.3, 0.4) is 0 Å². The highest BCUT2D eigenvalue weighted by atomic mass is 32.2. The Bertz CT molecular complexity index is 601. The quantitative estimate of drug-likeness (QED) is 0.757. The largest absolute Gasteiger partial charge is 0.355 e. The number of para-hydroxylation sites is 1. The summed E-state index contributed by atoms with van der Waals surface area (Å²) in [5.41, 5.74) is 0.970. The summed E-state index contributed by atoms with van der Waals surface area (Å²) in [6, 6.07) is 9.82. The van der Waals surface area contributed by atoms with E-state index in [1.54, 1.807) is 0 Å². The van der Waals surface area contributed by atoms with Crippen LogP contribution < -0.4 is 10.6 Å². The Morgan fingerprint density at radius 1 is 1.23 bits per heavy atom. The second-order valence-electron chi connectivity index (χ2n) is 5.26. The molecule has 1 atom stereocenters. The molecule has 2 aromatic rings. The summed E-state index contributed by atoms with van der Waals surface area (Å²) in [5.74, 6) is 0.482. The number of amides is 1. The monoisotopic (exact) mass is 336 g/mol. The summed E-state index contributed by atoms with van der Waals surface area (Å²) in [6.07, 6.45) is 0. The van der Waals surface area contributed by atoms with E-state index in [0.717, 1.165) is 15.2 Å². The van der Waals surface area contributed by atoms with Crippen LogP contribution in [0.2, 0.25) is 0 Å².